The zero-order chi connectivity index (χ0) is 29.8. The Kier molecular flexibility index (Phi) is 7.86. The van der Waals surface area contributed by atoms with Crippen LogP contribution in [-0.4, -0.2) is 59.6 Å². The van der Waals surface area contributed by atoms with Gasteiger partial charge in [-0.2, -0.15) is 0 Å². The van der Waals surface area contributed by atoms with Crippen LogP contribution in [0.2, 0.25) is 0 Å². The molecule has 0 spiro atoms. The predicted molar refractivity (Wildman–Crippen MR) is 160 cm³/mol. The van der Waals surface area contributed by atoms with Crippen LogP contribution in [0.1, 0.15) is 52.6 Å². The number of nitrogens with zero attached hydrogens (tertiary/aromatic N) is 2. The Labute approximate surface area is 249 Å². The highest BCUT2D eigenvalue weighted by molar-refractivity contribution is 5.99. The van der Waals surface area contributed by atoms with E-state index in [4.69, 9.17) is 4.74 Å². The molecule has 4 aromatic carbocycles. The van der Waals surface area contributed by atoms with E-state index in [0.29, 0.717) is 61.9 Å². The van der Waals surface area contributed by atoms with Gasteiger partial charge in [0, 0.05) is 61.5 Å². The van der Waals surface area contributed by atoms with Crippen molar-refractivity contribution in [3.63, 3.8) is 0 Å². The van der Waals surface area contributed by atoms with Crippen LogP contribution in [0.3, 0.4) is 0 Å². The van der Waals surface area contributed by atoms with Crippen LogP contribution in [0, 0.1) is 0 Å². The van der Waals surface area contributed by atoms with Gasteiger partial charge in [0.25, 0.3) is 23.6 Å². The highest BCUT2D eigenvalue weighted by Crippen LogP contribution is 2.24. The number of rotatable bonds is 10. The van der Waals surface area contributed by atoms with E-state index in [0.717, 1.165) is 22.3 Å². The summed E-state index contributed by atoms with van der Waals surface area (Å²) in [7, 11) is 0. The molecule has 4 aromatic rings. The third-order valence-electron chi connectivity index (χ3n) is 7.60. The number of carbonyl (C=O) groups is 4. The minimum absolute atomic E-state index is 0.0122. The Morgan fingerprint density at radius 1 is 0.581 bits per heavy atom. The fourth-order valence-corrected chi connectivity index (χ4v) is 5.29. The SMILES string of the molecule is O=C(NCCN1Cc2ccccc2C1=O)c1ccc(Oc2ccc(C(=O)NCCN3Cc4ccccc4C3=O)cc2)cc1. The lowest BCUT2D eigenvalue weighted by Gasteiger charge is -2.16. The quantitative estimate of drug-likeness (QED) is 0.295. The fraction of sp³-hybridized carbons (Fsp3) is 0.176. The summed E-state index contributed by atoms with van der Waals surface area (Å²) in [5.41, 5.74) is 4.42. The summed E-state index contributed by atoms with van der Waals surface area (Å²) < 4.78 is 5.88. The molecule has 2 aliphatic heterocycles. The van der Waals surface area contributed by atoms with Gasteiger partial charge in [-0.1, -0.05) is 36.4 Å². The second-order valence-electron chi connectivity index (χ2n) is 10.4. The number of hydrogen-bond acceptors (Lipinski definition) is 5. The molecule has 0 saturated heterocycles. The first-order valence-corrected chi connectivity index (χ1v) is 14.1. The van der Waals surface area contributed by atoms with Crippen LogP contribution in [0.15, 0.2) is 97.1 Å². The molecule has 6 rings (SSSR count). The van der Waals surface area contributed by atoms with Crippen LogP contribution in [-0.2, 0) is 13.1 Å². The lowest BCUT2D eigenvalue weighted by Crippen LogP contribution is -2.35. The Morgan fingerprint density at radius 3 is 1.37 bits per heavy atom. The van der Waals surface area contributed by atoms with Crippen LogP contribution in [0.4, 0.5) is 0 Å². The second-order valence-corrected chi connectivity index (χ2v) is 10.4. The molecule has 216 valence electrons. The Balaban J connectivity index is 0.932. The molecule has 9 heteroatoms. The first kappa shape index (κ1) is 27.7. The summed E-state index contributed by atoms with van der Waals surface area (Å²) in [5, 5.41) is 5.73. The molecule has 0 aliphatic carbocycles. The van der Waals surface area contributed by atoms with Gasteiger partial charge in [-0.05, 0) is 71.8 Å². The third kappa shape index (κ3) is 6.11. The van der Waals surface area contributed by atoms with Gasteiger partial charge >= 0.3 is 0 Å². The van der Waals surface area contributed by atoms with Crippen molar-refractivity contribution in [2.45, 2.75) is 13.1 Å². The van der Waals surface area contributed by atoms with Gasteiger partial charge in [-0.25, -0.2) is 0 Å². The molecule has 2 N–H and O–H groups in total. The first-order chi connectivity index (χ1) is 21.0. The van der Waals surface area contributed by atoms with Crippen molar-refractivity contribution in [2.24, 2.45) is 0 Å². The largest absolute Gasteiger partial charge is 0.457 e. The average Bonchev–Trinajstić information content (AvgIpc) is 3.53. The van der Waals surface area contributed by atoms with E-state index < -0.39 is 0 Å². The molecule has 2 aliphatic rings. The summed E-state index contributed by atoms with van der Waals surface area (Å²) in [5.74, 6) is 0.606. The van der Waals surface area contributed by atoms with Crippen LogP contribution in [0.25, 0.3) is 0 Å². The second kappa shape index (κ2) is 12.2. The number of amides is 4. The van der Waals surface area contributed by atoms with Crippen LogP contribution < -0.4 is 15.4 Å². The highest BCUT2D eigenvalue weighted by Gasteiger charge is 2.27. The van der Waals surface area contributed by atoms with Crippen molar-refractivity contribution in [3.8, 4) is 11.5 Å². The van der Waals surface area contributed by atoms with E-state index in [1.165, 1.54) is 0 Å². The number of carbonyl (C=O) groups excluding carboxylic acids is 4. The fourth-order valence-electron chi connectivity index (χ4n) is 5.29. The number of fused-ring (bicyclic) bond motifs is 2. The summed E-state index contributed by atoms with van der Waals surface area (Å²) in [4.78, 5) is 53.6. The highest BCUT2D eigenvalue weighted by atomic mass is 16.5. The molecule has 4 amide bonds. The molecule has 0 bridgehead atoms. The maximum Gasteiger partial charge on any atom is 0.254 e. The van der Waals surface area contributed by atoms with Gasteiger partial charge in [-0.15, -0.1) is 0 Å². The molecule has 0 unspecified atom stereocenters. The maximum atomic E-state index is 12.6. The average molecular weight is 575 g/mol. The molecule has 0 radical (unpaired) electrons. The lowest BCUT2D eigenvalue weighted by atomic mass is 10.1. The maximum absolute atomic E-state index is 12.6. The van der Waals surface area contributed by atoms with Gasteiger partial charge in [0.1, 0.15) is 11.5 Å². The van der Waals surface area contributed by atoms with Gasteiger partial charge in [0.15, 0.2) is 0 Å². The first-order valence-electron chi connectivity index (χ1n) is 14.1. The van der Waals surface area contributed by atoms with E-state index in [-0.39, 0.29) is 23.6 Å². The zero-order valence-corrected chi connectivity index (χ0v) is 23.4. The molecule has 43 heavy (non-hydrogen) atoms. The number of ether oxygens (including phenoxy) is 1. The Hall–Kier alpha value is -5.44. The Bertz CT molecular complexity index is 1560. The lowest BCUT2D eigenvalue weighted by molar-refractivity contribution is 0.0766. The van der Waals surface area contributed by atoms with Crippen molar-refractivity contribution >= 4 is 23.6 Å². The van der Waals surface area contributed by atoms with Crippen molar-refractivity contribution in [3.05, 3.63) is 130 Å². The van der Waals surface area contributed by atoms with Crippen LogP contribution >= 0.6 is 0 Å². The summed E-state index contributed by atoms with van der Waals surface area (Å²) in [6.07, 6.45) is 0. The minimum atomic E-state index is -0.232. The Morgan fingerprint density at radius 2 is 0.977 bits per heavy atom. The molecule has 0 fully saturated rings. The van der Waals surface area contributed by atoms with Gasteiger partial charge in [-0.3, -0.25) is 19.2 Å². The topological polar surface area (TPSA) is 108 Å². The molecular weight excluding hydrogens is 544 g/mol. The van der Waals surface area contributed by atoms with E-state index in [1.807, 2.05) is 48.5 Å². The summed E-state index contributed by atoms with van der Waals surface area (Å²) in [6.45, 7) is 2.67. The third-order valence-corrected chi connectivity index (χ3v) is 7.60. The van der Waals surface area contributed by atoms with Crippen molar-refractivity contribution < 1.29 is 23.9 Å². The van der Waals surface area contributed by atoms with Gasteiger partial charge < -0.3 is 25.2 Å². The van der Waals surface area contributed by atoms with Gasteiger partial charge in [0.2, 0.25) is 0 Å². The van der Waals surface area contributed by atoms with Crippen molar-refractivity contribution in [1.29, 1.82) is 0 Å². The van der Waals surface area contributed by atoms with E-state index in [9.17, 15) is 19.2 Å². The predicted octanol–water partition coefficient (Wildman–Crippen LogP) is 4.25. The molecular formula is C34H30N4O5. The zero-order valence-electron chi connectivity index (χ0n) is 23.4. The number of nitrogens with one attached hydrogen (secondary N) is 2. The van der Waals surface area contributed by atoms with E-state index >= 15 is 0 Å². The summed E-state index contributed by atoms with van der Waals surface area (Å²) in [6, 6.07) is 28.6. The molecule has 0 saturated carbocycles. The normalized spacial score (nSPS) is 13.5. The standard InChI is InChI=1S/C34H30N4O5/c39-31(35-17-19-37-21-25-5-1-3-7-29(25)33(37)41)23-9-13-27(14-10-23)43-28-15-11-24(12-16-28)32(40)36-18-20-38-22-26-6-2-4-8-30(26)34(38)42/h1-16H,17-22H2,(H,35,39)(H,36,40). The van der Waals surface area contributed by atoms with Crippen molar-refractivity contribution in [2.75, 3.05) is 26.2 Å². The monoisotopic (exact) mass is 574 g/mol. The van der Waals surface area contributed by atoms with E-state index in [2.05, 4.69) is 10.6 Å². The van der Waals surface area contributed by atoms with Gasteiger partial charge in [0.05, 0.1) is 0 Å². The summed E-state index contributed by atoms with van der Waals surface area (Å²) >= 11 is 0. The van der Waals surface area contributed by atoms with Crippen molar-refractivity contribution in [1.82, 2.24) is 20.4 Å². The molecule has 0 atom stereocenters. The smallest absolute Gasteiger partial charge is 0.254 e. The number of hydrogen-bond donors (Lipinski definition) is 2. The molecule has 0 aromatic heterocycles. The minimum Gasteiger partial charge on any atom is -0.457 e. The number of benzene rings is 4. The molecule has 2 heterocycles. The molecule has 9 nitrogen and oxygen atoms in total. The van der Waals surface area contributed by atoms with Crippen LogP contribution in [0.5, 0.6) is 11.5 Å². The van der Waals surface area contributed by atoms with E-state index in [1.54, 1.807) is 58.3 Å².